The van der Waals surface area contributed by atoms with Crippen LogP contribution >= 0.6 is 11.8 Å². The molecule has 2 unspecified atom stereocenters. The predicted octanol–water partition coefficient (Wildman–Crippen LogP) is 1.66. The Labute approximate surface area is 118 Å². The summed E-state index contributed by atoms with van der Waals surface area (Å²) in [5, 5.41) is 3.38. The highest BCUT2D eigenvalue weighted by atomic mass is 32.2. The minimum absolute atomic E-state index is 0.0505. The van der Waals surface area contributed by atoms with Gasteiger partial charge in [-0.15, -0.1) is 0 Å². The van der Waals surface area contributed by atoms with Crippen molar-refractivity contribution in [2.45, 2.75) is 31.5 Å². The van der Waals surface area contributed by atoms with Gasteiger partial charge in [-0.3, -0.25) is 4.79 Å². The van der Waals surface area contributed by atoms with E-state index in [1.165, 1.54) is 16.9 Å². The summed E-state index contributed by atoms with van der Waals surface area (Å²) in [6, 6.07) is 8.78. The molecule has 0 spiro atoms. The van der Waals surface area contributed by atoms with Crippen LogP contribution in [0.15, 0.2) is 24.3 Å². The lowest BCUT2D eigenvalue weighted by Gasteiger charge is -2.31. The predicted molar refractivity (Wildman–Crippen MR) is 79.3 cm³/mol. The number of likely N-dealkylation sites (N-methyl/N-ethyl adjacent to an activating group) is 1. The number of carbonyl (C=O) groups excluding carboxylic acids is 1. The molecule has 0 saturated carbocycles. The normalized spacial score (nSPS) is 25.9. The summed E-state index contributed by atoms with van der Waals surface area (Å²) in [6.45, 7) is 0.805. The lowest BCUT2D eigenvalue weighted by atomic mass is 9.95. The number of amides is 1. The summed E-state index contributed by atoms with van der Waals surface area (Å²) >= 11 is 1.95. The van der Waals surface area contributed by atoms with Crippen LogP contribution in [0.3, 0.4) is 0 Å². The summed E-state index contributed by atoms with van der Waals surface area (Å²) in [4.78, 5) is 14.5. The van der Waals surface area contributed by atoms with Crippen LogP contribution in [0.5, 0.6) is 0 Å². The summed E-state index contributed by atoms with van der Waals surface area (Å²) in [7, 11) is 1.96. The average Bonchev–Trinajstić information content (AvgIpc) is 2.99. The van der Waals surface area contributed by atoms with Gasteiger partial charge >= 0.3 is 0 Å². The largest absolute Gasteiger partial charge is 0.341 e. The van der Waals surface area contributed by atoms with Crippen LogP contribution in [0, 0.1) is 0 Å². The number of nitrogens with one attached hydrogen (secondary N) is 1. The van der Waals surface area contributed by atoms with Crippen LogP contribution in [0.2, 0.25) is 0 Å². The molecule has 1 fully saturated rings. The first-order valence-corrected chi connectivity index (χ1v) is 8.06. The number of hydrogen-bond donors (Lipinski definition) is 1. The Balaban J connectivity index is 1.68. The number of fused-ring (bicyclic) bond motifs is 1. The molecular formula is C15H20N2OS. The second-order valence-corrected chi connectivity index (χ2v) is 6.52. The van der Waals surface area contributed by atoms with Gasteiger partial charge in [0.25, 0.3) is 0 Å². The van der Waals surface area contributed by atoms with Gasteiger partial charge in [-0.1, -0.05) is 24.3 Å². The lowest BCUT2D eigenvalue weighted by Crippen LogP contribution is -2.51. The van der Waals surface area contributed by atoms with Crippen molar-refractivity contribution in [3.63, 3.8) is 0 Å². The maximum absolute atomic E-state index is 12.5. The standard InChI is InChI=1S/C15H20N2OS/c1-17(13-6-7-19-10-13)15(18)14-8-11-4-2-3-5-12(11)9-16-14/h2-5,13-14,16H,6-10H2,1H3. The molecule has 2 aliphatic heterocycles. The molecule has 1 aromatic carbocycles. The monoisotopic (exact) mass is 276 g/mol. The smallest absolute Gasteiger partial charge is 0.240 e. The molecule has 1 saturated heterocycles. The Morgan fingerprint density at radius 2 is 2.16 bits per heavy atom. The zero-order chi connectivity index (χ0) is 13.2. The second-order valence-electron chi connectivity index (χ2n) is 5.37. The van der Waals surface area contributed by atoms with Crippen molar-refractivity contribution in [3.05, 3.63) is 35.4 Å². The van der Waals surface area contributed by atoms with Crippen LogP contribution in [0.25, 0.3) is 0 Å². The van der Waals surface area contributed by atoms with Crippen LogP contribution in [0.1, 0.15) is 17.5 Å². The SMILES string of the molecule is CN(C(=O)C1Cc2ccccc2CN1)C1CCSC1. The molecule has 102 valence electrons. The zero-order valence-corrected chi connectivity index (χ0v) is 12.1. The van der Waals surface area contributed by atoms with Crippen molar-refractivity contribution in [1.82, 2.24) is 10.2 Å². The van der Waals surface area contributed by atoms with E-state index in [2.05, 4.69) is 29.6 Å². The average molecular weight is 276 g/mol. The van der Waals surface area contributed by atoms with Crippen LogP contribution in [0.4, 0.5) is 0 Å². The summed E-state index contributed by atoms with van der Waals surface area (Å²) < 4.78 is 0. The zero-order valence-electron chi connectivity index (χ0n) is 11.3. The maximum Gasteiger partial charge on any atom is 0.240 e. The number of rotatable bonds is 2. The van der Waals surface area contributed by atoms with Gasteiger partial charge in [0.05, 0.1) is 6.04 Å². The van der Waals surface area contributed by atoms with Gasteiger partial charge in [0.1, 0.15) is 0 Å². The highest BCUT2D eigenvalue weighted by molar-refractivity contribution is 7.99. The lowest BCUT2D eigenvalue weighted by molar-refractivity contribution is -0.134. The molecular weight excluding hydrogens is 256 g/mol. The van der Waals surface area contributed by atoms with E-state index in [0.29, 0.717) is 6.04 Å². The van der Waals surface area contributed by atoms with Crippen molar-refractivity contribution in [2.75, 3.05) is 18.6 Å². The van der Waals surface area contributed by atoms with Crippen molar-refractivity contribution in [2.24, 2.45) is 0 Å². The number of carbonyl (C=O) groups is 1. The third-order valence-electron chi connectivity index (χ3n) is 4.18. The summed E-state index contributed by atoms with van der Waals surface area (Å²) in [5.41, 5.74) is 2.64. The van der Waals surface area contributed by atoms with Crippen LogP contribution in [-0.2, 0) is 17.8 Å². The molecule has 0 bridgehead atoms. The molecule has 3 rings (SSSR count). The summed E-state index contributed by atoms with van der Waals surface area (Å²) in [5.74, 6) is 2.52. The Morgan fingerprint density at radius 1 is 1.37 bits per heavy atom. The highest BCUT2D eigenvalue weighted by Gasteiger charge is 2.30. The van der Waals surface area contributed by atoms with Gasteiger partial charge in [-0.05, 0) is 29.7 Å². The molecule has 3 nitrogen and oxygen atoms in total. The third-order valence-corrected chi connectivity index (χ3v) is 5.33. The Hall–Kier alpha value is -1.00. The van der Waals surface area contributed by atoms with Crippen LogP contribution in [-0.4, -0.2) is 41.4 Å². The maximum atomic E-state index is 12.5. The molecule has 2 aliphatic rings. The number of thioether (sulfide) groups is 1. The molecule has 1 amide bonds. The van der Waals surface area contributed by atoms with E-state index in [9.17, 15) is 4.79 Å². The Morgan fingerprint density at radius 3 is 2.89 bits per heavy atom. The van der Waals surface area contributed by atoms with E-state index < -0.39 is 0 Å². The van der Waals surface area contributed by atoms with Gasteiger partial charge in [-0.2, -0.15) is 11.8 Å². The van der Waals surface area contributed by atoms with E-state index in [-0.39, 0.29) is 11.9 Å². The van der Waals surface area contributed by atoms with Crippen molar-refractivity contribution in [3.8, 4) is 0 Å². The van der Waals surface area contributed by atoms with Gasteiger partial charge in [0, 0.05) is 25.4 Å². The van der Waals surface area contributed by atoms with Gasteiger partial charge < -0.3 is 10.2 Å². The van der Waals surface area contributed by atoms with E-state index in [1.54, 1.807) is 0 Å². The minimum atomic E-state index is -0.0505. The number of nitrogens with zero attached hydrogens (tertiary/aromatic N) is 1. The van der Waals surface area contributed by atoms with Crippen molar-refractivity contribution >= 4 is 17.7 Å². The fourth-order valence-corrected chi connectivity index (χ4v) is 4.15. The molecule has 1 aromatic rings. The highest BCUT2D eigenvalue weighted by Crippen LogP contribution is 2.23. The first-order valence-electron chi connectivity index (χ1n) is 6.90. The molecule has 0 radical (unpaired) electrons. The van der Waals surface area contributed by atoms with E-state index in [0.717, 1.165) is 25.1 Å². The molecule has 2 heterocycles. The molecule has 0 aliphatic carbocycles. The fourth-order valence-electron chi connectivity index (χ4n) is 2.88. The first-order chi connectivity index (χ1) is 9.25. The van der Waals surface area contributed by atoms with Gasteiger partial charge in [0.2, 0.25) is 5.91 Å². The Bertz CT molecular complexity index is 471. The minimum Gasteiger partial charge on any atom is -0.341 e. The fraction of sp³-hybridized carbons (Fsp3) is 0.533. The van der Waals surface area contributed by atoms with E-state index >= 15 is 0 Å². The molecule has 1 N–H and O–H groups in total. The first kappa shape index (κ1) is 13.0. The van der Waals surface area contributed by atoms with E-state index in [4.69, 9.17) is 0 Å². The molecule has 0 aromatic heterocycles. The third kappa shape index (κ3) is 2.65. The van der Waals surface area contributed by atoms with Gasteiger partial charge in [-0.25, -0.2) is 0 Å². The molecule has 2 atom stereocenters. The molecule has 4 heteroatoms. The van der Waals surface area contributed by atoms with E-state index in [1.807, 2.05) is 23.7 Å². The van der Waals surface area contributed by atoms with Crippen molar-refractivity contribution < 1.29 is 4.79 Å². The second kappa shape index (κ2) is 5.55. The summed E-state index contributed by atoms with van der Waals surface area (Å²) in [6.07, 6.45) is 1.95. The Kier molecular flexibility index (Phi) is 3.80. The van der Waals surface area contributed by atoms with Gasteiger partial charge in [0.15, 0.2) is 0 Å². The topological polar surface area (TPSA) is 32.3 Å². The van der Waals surface area contributed by atoms with Crippen LogP contribution < -0.4 is 5.32 Å². The quantitative estimate of drug-likeness (QED) is 0.892. The molecule has 19 heavy (non-hydrogen) atoms. The van der Waals surface area contributed by atoms with Crippen molar-refractivity contribution in [1.29, 1.82) is 0 Å². The number of benzene rings is 1. The number of hydrogen-bond acceptors (Lipinski definition) is 3.